The molecule has 1 aliphatic heterocycles. The average molecular weight is 418 g/mol. The van der Waals surface area contributed by atoms with Gasteiger partial charge in [-0.25, -0.2) is 0 Å². The van der Waals surface area contributed by atoms with Crippen molar-refractivity contribution in [3.05, 3.63) is 109 Å². The van der Waals surface area contributed by atoms with Crippen molar-refractivity contribution in [3.8, 4) is 22.6 Å². The standard InChI is InChI=1S/C32H18O/c1-2-6-24-19(4-1)8-11-22-18-23(13-14-25(22)24)26-16-17-29-32-27(26)15-12-21-10-9-20-5-3-7-28(33-29)30(20)31(21)32/h1-18H. The van der Waals surface area contributed by atoms with Crippen molar-refractivity contribution in [2.45, 2.75) is 0 Å². The van der Waals surface area contributed by atoms with Crippen LogP contribution in [0.5, 0.6) is 11.5 Å². The zero-order chi connectivity index (χ0) is 21.5. The molecule has 7 aromatic carbocycles. The number of hydrogen-bond acceptors (Lipinski definition) is 1. The van der Waals surface area contributed by atoms with Gasteiger partial charge in [0.1, 0.15) is 11.5 Å². The molecule has 0 amide bonds. The fourth-order valence-corrected chi connectivity index (χ4v) is 5.69. The quantitative estimate of drug-likeness (QED) is 0.241. The second kappa shape index (κ2) is 6.11. The van der Waals surface area contributed by atoms with E-state index in [1.807, 2.05) is 0 Å². The molecule has 0 atom stereocenters. The maximum Gasteiger partial charge on any atom is 0.135 e. The van der Waals surface area contributed by atoms with Gasteiger partial charge in [0.15, 0.2) is 0 Å². The summed E-state index contributed by atoms with van der Waals surface area (Å²) in [6.07, 6.45) is 0. The van der Waals surface area contributed by atoms with E-state index < -0.39 is 0 Å². The van der Waals surface area contributed by atoms with E-state index in [4.69, 9.17) is 4.74 Å². The van der Waals surface area contributed by atoms with Crippen LogP contribution in [0.25, 0.3) is 65.0 Å². The van der Waals surface area contributed by atoms with Crippen molar-refractivity contribution in [1.29, 1.82) is 0 Å². The SMILES string of the molecule is c1ccc2c(c1)ccc1cc(-c3ccc4c5c3ccc3ccc6cccc(c6c35)O4)ccc12. The van der Waals surface area contributed by atoms with E-state index in [9.17, 15) is 0 Å². The smallest absolute Gasteiger partial charge is 0.135 e. The number of rotatable bonds is 1. The zero-order valence-corrected chi connectivity index (χ0v) is 17.8. The summed E-state index contributed by atoms with van der Waals surface area (Å²) >= 11 is 0. The molecule has 0 aliphatic carbocycles. The lowest BCUT2D eigenvalue weighted by molar-refractivity contribution is 0.493. The third-order valence-corrected chi connectivity index (χ3v) is 7.20. The van der Waals surface area contributed by atoms with Crippen LogP contribution in [0.3, 0.4) is 0 Å². The number of fused-ring (bicyclic) bond motifs is 3. The summed E-state index contributed by atoms with van der Waals surface area (Å²) in [6.45, 7) is 0. The molecule has 0 bridgehead atoms. The minimum Gasteiger partial charge on any atom is -0.456 e. The maximum atomic E-state index is 6.39. The molecule has 0 aromatic heterocycles. The normalized spacial score (nSPS) is 12.5. The Morgan fingerprint density at radius 1 is 0.394 bits per heavy atom. The van der Waals surface area contributed by atoms with Crippen LogP contribution in [-0.4, -0.2) is 0 Å². The molecule has 152 valence electrons. The van der Waals surface area contributed by atoms with E-state index in [1.165, 1.54) is 65.0 Å². The third kappa shape index (κ3) is 2.26. The predicted molar refractivity (Wildman–Crippen MR) is 139 cm³/mol. The molecule has 0 spiro atoms. The molecule has 1 nitrogen and oxygen atoms in total. The van der Waals surface area contributed by atoms with Gasteiger partial charge in [0, 0.05) is 16.2 Å². The van der Waals surface area contributed by atoms with Crippen LogP contribution in [0.4, 0.5) is 0 Å². The summed E-state index contributed by atoms with van der Waals surface area (Å²) in [5, 5.41) is 12.6. The van der Waals surface area contributed by atoms with Gasteiger partial charge >= 0.3 is 0 Å². The Morgan fingerprint density at radius 3 is 2.06 bits per heavy atom. The topological polar surface area (TPSA) is 9.23 Å². The van der Waals surface area contributed by atoms with Crippen LogP contribution in [0.15, 0.2) is 109 Å². The molecule has 1 aliphatic rings. The lowest BCUT2D eigenvalue weighted by atomic mass is 9.89. The molecule has 33 heavy (non-hydrogen) atoms. The fourth-order valence-electron chi connectivity index (χ4n) is 5.69. The van der Waals surface area contributed by atoms with Crippen LogP contribution in [0.2, 0.25) is 0 Å². The lowest BCUT2D eigenvalue weighted by Gasteiger charge is -2.21. The highest BCUT2D eigenvalue weighted by Crippen LogP contribution is 2.48. The molecule has 0 radical (unpaired) electrons. The van der Waals surface area contributed by atoms with Crippen molar-refractivity contribution in [3.63, 3.8) is 0 Å². The summed E-state index contributed by atoms with van der Waals surface area (Å²) in [7, 11) is 0. The van der Waals surface area contributed by atoms with Gasteiger partial charge in [-0.1, -0.05) is 91.0 Å². The lowest BCUT2D eigenvalue weighted by Crippen LogP contribution is -1.96. The molecule has 0 fully saturated rings. The largest absolute Gasteiger partial charge is 0.456 e. The van der Waals surface area contributed by atoms with E-state index in [2.05, 4.69) is 109 Å². The van der Waals surface area contributed by atoms with Gasteiger partial charge in [-0.05, 0) is 67.0 Å². The molecular weight excluding hydrogens is 400 g/mol. The van der Waals surface area contributed by atoms with Gasteiger partial charge in [-0.3, -0.25) is 0 Å². The maximum absolute atomic E-state index is 6.39. The predicted octanol–water partition coefficient (Wildman–Crippen LogP) is 9.23. The molecular formula is C32H18O. The summed E-state index contributed by atoms with van der Waals surface area (Å²) in [5.41, 5.74) is 2.47. The molecule has 0 saturated carbocycles. The monoisotopic (exact) mass is 418 g/mol. The average Bonchev–Trinajstić information content (AvgIpc) is 2.88. The summed E-state index contributed by atoms with van der Waals surface area (Å²) < 4.78 is 6.39. The highest BCUT2D eigenvalue weighted by atomic mass is 16.5. The van der Waals surface area contributed by atoms with Gasteiger partial charge in [0.05, 0.1) is 0 Å². The Hall–Kier alpha value is -4.36. The van der Waals surface area contributed by atoms with E-state index in [1.54, 1.807) is 0 Å². The third-order valence-electron chi connectivity index (χ3n) is 7.20. The first kappa shape index (κ1) is 17.2. The summed E-state index contributed by atoms with van der Waals surface area (Å²) in [5.74, 6) is 1.89. The minimum absolute atomic E-state index is 0.942. The van der Waals surface area contributed by atoms with Gasteiger partial charge in [-0.15, -0.1) is 0 Å². The number of benzene rings is 7. The Labute approximate surface area is 190 Å². The highest BCUT2D eigenvalue weighted by Gasteiger charge is 2.20. The van der Waals surface area contributed by atoms with Crippen molar-refractivity contribution in [2.75, 3.05) is 0 Å². The van der Waals surface area contributed by atoms with E-state index >= 15 is 0 Å². The minimum atomic E-state index is 0.942. The van der Waals surface area contributed by atoms with Crippen LogP contribution in [0, 0.1) is 0 Å². The Bertz CT molecular complexity index is 1940. The second-order valence-electron chi connectivity index (χ2n) is 8.94. The van der Waals surface area contributed by atoms with Crippen LogP contribution >= 0.6 is 0 Å². The van der Waals surface area contributed by atoms with Crippen molar-refractivity contribution in [1.82, 2.24) is 0 Å². The van der Waals surface area contributed by atoms with E-state index in [-0.39, 0.29) is 0 Å². The summed E-state index contributed by atoms with van der Waals surface area (Å²) in [4.78, 5) is 0. The Kier molecular flexibility index (Phi) is 3.19. The summed E-state index contributed by atoms with van der Waals surface area (Å²) in [6, 6.07) is 39.5. The first-order valence-electron chi connectivity index (χ1n) is 11.4. The second-order valence-corrected chi connectivity index (χ2v) is 8.94. The van der Waals surface area contributed by atoms with E-state index in [0.717, 1.165) is 11.5 Å². The first-order chi connectivity index (χ1) is 16.3. The molecule has 0 N–H and O–H groups in total. The van der Waals surface area contributed by atoms with Crippen molar-refractivity contribution >= 4 is 53.9 Å². The molecule has 1 heterocycles. The van der Waals surface area contributed by atoms with Crippen LogP contribution in [0.1, 0.15) is 0 Å². The Morgan fingerprint density at radius 2 is 1.09 bits per heavy atom. The van der Waals surface area contributed by atoms with Crippen molar-refractivity contribution in [2.24, 2.45) is 0 Å². The van der Waals surface area contributed by atoms with Gasteiger partial charge in [0.2, 0.25) is 0 Å². The highest BCUT2D eigenvalue weighted by molar-refractivity contribution is 6.26. The van der Waals surface area contributed by atoms with Gasteiger partial charge in [-0.2, -0.15) is 0 Å². The molecule has 7 aromatic rings. The first-order valence-corrected chi connectivity index (χ1v) is 11.4. The van der Waals surface area contributed by atoms with Gasteiger partial charge < -0.3 is 4.74 Å². The van der Waals surface area contributed by atoms with E-state index in [0.29, 0.717) is 0 Å². The van der Waals surface area contributed by atoms with Crippen molar-refractivity contribution < 1.29 is 4.74 Å². The number of hydrogen-bond donors (Lipinski definition) is 0. The molecule has 8 rings (SSSR count). The molecule has 0 unspecified atom stereocenters. The molecule has 1 heteroatoms. The Balaban J connectivity index is 1.46. The van der Waals surface area contributed by atoms with Crippen LogP contribution in [-0.2, 0) is 0 Å². The molecule has 0 saturated heterocycles. The van der Waals surface area contributed by atoms with Crippen LogP contribution < -0.4 is 4.74 Å². The van der Waals surface area contributed by atoms with Gasteiger partial charge in [0.25, 0.3) is 0 Å². The fraction of sp³-hybridized carbons (Fsp3) is 0. The zero-order valence-electron chi connectivity index (χ0n) is 17.8. The number of ether oxygens (including phenoxy) is 1.